The van der Waals surface area contributed by atoms with Crippen molar-refractivity contribution in [3.05, 3.63) is 0 Å². The third kappa shape index (κ3) is 0.924. The van der Waals surface area contributed by atoms with E-state index >= 15 is 0 Å². The monoisotopic (exact) mass is 98.1 g/mol. The fourth-order valence-electron chi connectivity index (χ4n) is 0.777. The largest absolute Gasteiger partial charge is 0.310 e. The van der Waals surface area contributed by atoms with Gasteiger partial charge in [-0.1, -0.05) is 0 Å². The Morgan fingerprint density at radius 2 is 2.29 bits per heavy atom. The topological polar surface area (TPSA) is 25.0 Å². The molecule has 2 nitrogen and oxygen atoms in total. The summed E-state index contributed by atoms with van der Waals surface area (Å²) in [5, 5.41) is 3.26. The van der Waals surface area contributed by atoms with Crippen LogP contribution >= 0.6 is 0 Å². The SMILES string of the molecule is C1NC1CN1CC1. The van der Waals surface area contributed by atoms with Crippen molar-refractivity contribution in [3.8, 4) is 0 Å². The van der Waals surface area contributed by atoms with Crippen molar-refractivity contribution in [2.24, 2.45) is 0 Å². The second-order valence-electron chi connectivity index (χ2n) is 2.41. The first-order valence-electron chi connectivity index (χ1n) is 2.91. The van der Waals surface area contributed by atoms with Crippen LogP contribution in [0.1, 0.15) is 0 Å². The first kappa shape index (κ1) is 3.87. The van der Waals surface area contributed by atoms with E-state index < -0.39 is 0 Å². The van der Waals surface area contributed by atoms with E-state index in [0.29, 0.717) is 0 Å². The molecular formula is C5H10N2. The van der Waals surface area contributed by atoms with Gasteiger partial charge in [0, 0.05) is 32.2 Å². The third-order valence-corrected chi connectivity index (χ3v) is 1.51. The zero-order chi connectivity index (χ0) is 4.69. The molecular weight excluding hydrogens is 88.1 g/mol. The van der Waals surface area contributed by atoms with Crippen LogP contribution in [0.2, 0.25) is 0 Å². The van der Waals surface area contributed by atoms with Gasteiger partial charge in [0.15, 0.2) is 0 Å². The van der Waals surface area contributed by atoms with Crippen LogP contribution in [0.25, 0.3) is 0 Å². The Kier molecular flexibility index (Phi) is 0.664. The number of nitrogens with one attached hydrogen (secondary N) is 1. The second-order valence-corrected chi connectivity index (χ2v) is 2.41. The van der Waals surface area contributed by atoms with Crippen LogP contribution < -0.4 is 5.32 Å². The van der Waals surface area contributed by atoms with Gasteiger partial charge in [-0.2, -0.15) is 0 Å². The Bertz CT molecular complexity index is 64.1. The molecule has 0 aromatic rings. The molecule has 2 aliphatic heterocycles. The fraction of sp³-hybridized carbons (Fsp3) is 1.00. The van der Waals surface area contributed by atoms with Crippen LogP contribution in [0, 0.1) is 0 Å². The highest BCUT2D eigenvalue weighted by molar-refractivity contribution is 4.89. The van der Waals surface area contributed by atoms with Crippen molar-refractivity contribution >= 4 is 0 Å². The highest BCUT2D eigenvalue weighted by Gasteiger charge is 2.27. The van der Waals surface area contributed by atoms with Gasteiger partial charge in [-0.25, -0.2) is 0 Å². The number of rotatable bonds is 2. The summed E-state index contributed by atoms with van der Waals surface area (Å²) < 4.78 is 0. The summed E-state index contributed by atoms with van der Waals surface area (Å²) in [5.74, 6) is 0. The Morgan fingerprint density at radius 3 is 2.71 bits per heavy atom. The molecule has 2 rings (SSSR count). The van der Waals surface area contributed by atoms with Crippen molar-refractivity contribution in [2.45, 2.75) is 6.04 Å². The maximum absolute atomic E-state index is 3.26. The van der Waals surface area contributed by atoms with Gasteiger partial charge in [-0.15, -0.1) is 0 Å². The molecule has 0 bridgehead atoms. The predicted octanol–water partition coefficient (Wildman–Crippen LogP) is -0.726. The van der Waals surface area contributed by atoms with Gasteiger partial charge >= 0.3 is 0 Å². The summed E-state index contributed by atoms with van der Waals surface area (Å²) in [7, 11) is 0. The van der Waals surface area contributed by atoms with Gasteiger partial charge in [0.2, 0.25) is 0 Å². The molecule has 2 aliphatic rings. The quantitative estimate of drug-likeness (QED) is 0.461. The summed E-state index contributed by atoms with van der Waals surface area (Å²) in [5.41, 5.74) is 0. The standard InChI is InChI=1S/C5H10N2/c1-2-7(1)4-5-3-6-5/h5-6H,1-4H2. The molecule has 7 heavy (non-hydrogen) atoms. The van der Waals surface area contributed by atoms with E-state index in [4.69, 9.17) is 0 Å². The molecule has 2 heteroatoms. The van der Waals surface area contributed by atoms with Crippen LogP contribution in [0.5, 0.6) is 0 Å². The van der Waals surface area contributed by atoms with E-state index in [2.05, 4.69) is 10.2 Å². The highest BCUT2D eigenvalue weighted by atomic mass is 15.3. The minimum Gasteiger partial charge on any atom is -0.310 e. The molecule has 40 valence electrons. The lowest BCUT2D eigenvalue weighted by atomic mass is 10.5. The summed E-state index contributed by atoms with van der Waals surface area (Å²) >= 11 is 0. The smallest absolute Gasteiger partial charge is 0.0320 e. The fourth-order valence-corrected chi connectivity index (χ4v) is 0.777. The first-order valence-corrected chi connectivity index (χ1v) is 2.91. The molecule has 2 fully saturated rings. The van der Waals surface area contributed by atoms with Gasteiger partial charge in [0.05, 0.1) is 0 Å². The molecule has 0 spiro atoms. The van der Waals surface area contributed by atoms with Crippen molar-refractivity contribution in [3.63, 3.8) is 0 Å². The van der Waals surface area contributed by atoms with Crippen molar-refractivity contribution in [2.75, 3.05) is 26.2 Å². The van der Waals surface area contributed by atoms with Gasteiger partial charge in [0.1, 0.15) is 0 Å². The molecule has 0 saturated carbocycles. The second kappa shape index (κ2) is 1.20. The maximum atomic E-state index is 3.26. The van der Waals surface area contributed by atoms with Crippen molar-refractivity contribution < 1.29 is 0 Å². The average Bonchev–Trinajstić information content (AvgIpc) is 2.33. The Hall–Kier alpha value is -0.0800. The minimum atomic E-state index is 0.863. The van der Waals surface area contributed by atoms with E-state index in [-0.39, 0.29) is 0 Å². The highest BCUT2D eigenvalue weighted by Crippen LogP contribution is 2.07. The maximum Gasteiger partial charge on any atom is 0.0320 e. The Morgan fingerprint density at radius 1 is 1.57 bits per heavy atom. The normalized spacial score (nSPS) is 38.6. The van der Waals surface area contributed by atoms with Gasteiger partial charge in [0.25, 0.3) is 0 Å². The van der Waals surface area contributed by atoms with E-state index in [9.17, 15) is 0 Å². The van der Waals surface area contributed by atoms with Crippen LogP contribution in [-0.4, -0.2) is 37.1 Å². The predicted molar refractivity (Wildman–Crippen MR) is 28.2 cm³/mol. The van der Waals surface area contributed by atoms with Crippen molar-refractivity contribution in [1.82, 2.24) is 10.2 Å². The molecule has 2 saturated heterocycles. The third-order valence-electron chi connectivity index (χ3n) is 1.51. The van der Waals surface area contributed by atoms with E-state index in [1.165, 1.54) is 26.2 Å². The summed E-state index contributed by atoms with van der Waals surface area (Å²) in [6, 6.07) is 0.863. The molecule has 1 unspecified atom stereocenters. The molecule has 0 radical (unpaired) electrons. The minimum absolute atomic E-state index is 0.863. The van der Waals surface area contributed by atoms with Gasteiger partial charge in [-0.05, 0) is 0 Å². The lowest BCUT2D eigenvalue weighted by molar-refractivity contribution is 0.555. The zero-order valence-electron chi connectivity index (χ0n) is 4.35. The first-order chi connectivity index (χ1) is 3.45. The average molecular weight is 98.1 g/mol. The van der Waals surface area contributed by atoms with E-state index in [1.807, 2.05) is 0 Å². The van der Waals surface area contributed by atoms with E-state index in [0.717, 1.165) is 6.04 Å². The number of hydrogen-bond donors (Lipinski definition) is 1. The Balaban J connectivity index is 1.69. The van der Waals surface area contributed by atoms with Crippen LogP contribution in [0.4, 0.5) is 0 Å². The van der Waals surface area contributed by atoms with Crippen LogP contribution in [0.15, 0.2) is 0 Å². The molecule has 0 aliphatic carbocycles. The van der Waals surface area contributed by atoms with E-state index in [1.54, 1.807) is 0 Å². The zero-order valence-corrected chi connectivity index (χ0v) is 4.35. The van der Waals surface area contributed by atoms with Gasteiger partial charge < -0.3 is 5.32 Å². The molecule has 0 amide bonds. The molecule has 0 aromatic carbocycles. The molecule has 2 heterocycles. The molecule has 1 N–H and O–H groups in total. The molecule has 1 atom stereocenters. The summed E-state index contributed by atoms with van der Waals surface area (Å²) in [4.78, 5) is 2.45. The molecule has 0 aromatic heterocycles. The number of nitrogens with zero attached hydrogens (tertiary/aromatic N) is 1. The van der Waals surface area contributed by atoms with Crippen LogP contribution in [0.3, 0.4) is 0 Å². The lowest BCUT2D eigenvalue weighted by Gasteiger charge is -1.90. The lowest BCUT2D eigenvalue weighted by Crippen LogP contribution is -2.07. The van der Waals surface area contributed by atoms with Crippen LogP contribution in [-0.2, 0) is 0 Å². The van der Waals surface area contributed by atoms with Gasteiger partial charge in [-0.3, -0.25) is 4.90 Å². The summed E-state index contributed by atoms with van der Waals surface area (Å²) in [6.07, 6.45) is 0. The Labute approximate surface area is 43.5 Å². The number of hydrogen-bond acceptors (Lipinski definition) is 2. The summed E-state index contributed by atoms with van der Waals surface area (Å²) in [6.45, 7) is 5.26. The van der Waals surface area contributed by atoms with Crippen molar-refractivity contribution in [1.29, 1.82) is 0 Å².